The first kappa shape index (κ1) is 33.8. The maximum atomic E-state index is 14.5. The van der Waals surface area contributed by atoms with Crippen LogP contribution in [-0.4, -0.2) is 58.0 Å². The second-order valence-electron chi connectivity index (χ2n) is 11.6. The standard InChI is InChI=1S/C35H45N3O6S/c1-6-31(35(40)36-28-12-8-7-9-13-28)37(23-27-11-10-14-29(22-27)43-4)34(39)24-38(32-21-26(3)17-20-33(32)44-5)45(41,42)30-18-15-25(2)16-19-30/h10-11,14-22,28,31H,6-9,12-13,23-24H2,1-5H3,(H,36,40)/t31-/m1/s1. The van der Waals surface area contributed by atoms with Gasteiger partial charge in [-0.2, -0.15) is 0 Å². The number of carbonyl (C=O) groups is 2. The summed E-state index contributed by atoms with van der Waals surface area (Å²) in [5.41, 5.74) is 2.71. The van der Waals surface area contributed by atoms with Gasteiger partial charge < -0.3 is 19.7 Å². The SMILES string of the molecule is CC[C@H](C(=O)NC1CCCCC1)N(Cc1cccc(OC)c1)C(=O)CN(c1cc(C)ccc1OC)S(=O)(=O)c1ccc(C)cc1. The quantitative estimate of drug-likeness (QED) is 0.256. The molecular weight excluding hydrogens is 590 g/mol. The number of sulfonamides is 1. The van der Waals surface area contributed by atoms with E-state index < -0.39 is 28.5 Å². The van der Waals surface area contributed by atoms with Gasteiger partial charge in [0.25, 0.3) is 10.0 Å². The summed E-state index contributed by atoms with van der Waals surface area (Å²) in [6.45, 7) is 5.14. The first-order chi connectivity index (χ1) is 21.6. The van der Waals surface area contributed by atoms with E-state index in [1.54, 1.807) is 31.4 Å². The van der Waals surface area contributed by atoms with Gasteiger partial charge in [0, 0.05) is 12.6 Å². The molecule has 0 radical (unpaired) electrons. The van der Waals surface area contributed by atoms with Gasteiger partial charge in [0.1, 0.15) is 24.1 Å². The summed E-state index contributed by atoms with van der Waals surface area (Å²) in [6, 6.07) is 18.3. The molecule has 0 aromatic heterocycles. The monoisotopic (exact) mass is 635 g/mol. The zero-order chi connectivity index (χ0) is 32.6. The fraction of sp³-hybridized carbons (Fsp3) is 0.429. The van der Waals surface area contributed by atoms with Crippen molar-refractivity contribution in [2.24, 2.45) is 0 Å². The lowest BCUT2D eigenvalue weighted by Crippen LogP contribution is -2.54. The number of aryl methyl sites for hydroxylation is 2. The maximum Gasteiger partial charge on any atom is 0.264 e. The summed E-state index contributed by atoms with van der Waals surface area (Å²) in [6.07, 6.45) is 5.42. The molecule has 242 valence electrons. The minimum atomic E-state index is -4.22. The molecule has 0 unspecified atom stereocenters. The number of ether oxygens (including phenoxy) is 2. The van der Waals surface area contributed by atoms with E-state index in [1.807, 2.05) is 51.1 Å². The summed E-state index contributed by atoms with van der Waals surface area (Å²) in [5, 5.41) is 3.18. The Morgan fingerprint density at radius 1 is 0.911 bits per heavy atom. The molecule has 0 spiro atoms. The fourth-order valence-corrected chi connectivity index (χ4v) is 7.19. The Morgan fingerprint density at radius 2 is 1.60 bits per heavy atom. The molecule has 1 aliphatic rings. The minimum absolute atomic E-state index is 0.0471. The maximum absolute atomic E-state index is 14.5. The second-order valence-corrected chi connectivity index (χ2v) is 13.5. The number of amides is 2. The zero-order valence-electron chi connectivity index (χ0n) is 26.9. The number of hydrogen-bond donors (Lipinski definition) is 1. The highest BCUT2D eigenvalue weighted by atomic mass is 32.2. The Balaban J connectivity index is 1.77. The largest absolute Gasteiger partial charge is 0.497 e. The molecule has 3 aromatic carbocycles. The molecule has 1 fully saturated rings. The van der Waals surface area contributed by atoms with Crippen molar-refractivity contribution < 1.29 is 27.5 Å². The summed E-state index contributed by atoms with van der Waals surface area (Å²) in [5.74, 6) is 0.183. The molecule has 0 heterocycles. The third-order valence-electron chi connectivity index (χ3n) is 8.32. The van der Waals surface area contributed by atoms with Crippen molar-refractivity contribution in [3.05, 3.63) is 83.4 Å². The van der Waals surface area contributed by atoms with Crippen LogP contribution >= 0.6 is 0 Å². The van der Waals surface area contributed by atoms with Crippen LogP contribution < -0.4 is 19.1 Å². The lowest BCUT2D eigenvalue weighted by molar-refractivity contribution is -0.140. The Hall–Kier alpha value is -4.05. The van der Waals surface area contributed by atoms with Crippen LogP contribution in [-0.2, 0) is 26.2 Å². The van der Waals surface area contributed by atoms with Gasteiger partial charge in [-0.3, -0.25) is 13.9 Å². The molecule has 9 nitrogen and oxygen atoms in total. The first-order valence-corrected chi connectivity index (χ1v) is 17.0. The summed E-state index contributed by atoms with van der Waals surface area (Å²) in [7, 11) is -1.19. The van der Waals surface area contributed by atoms with Crippen LogP contribution in [0.1, 0.15) is 62.1 Å². The van der Waals surface area contributed by atoms with E-state index >= 15 is 0 Å². The van der Waals surface area contributed by atoms with Crippen LogP contribution in [0.15, 0.2) is 71.6 Å². The Morgan fingerprint density at radius 3 is 2.24 bits per heavy atom. The van der Waals surface area contributed by atoms with Crippen molar-refractivity contribution in [2.45, 2.75) is 82.8 Å². The van der Waals surface area contributed by atoms with Crippen molar-refractivity contribution in [3.8, 4) is 11.5 Å². The van der Waals surface area contributed by atoms with Gasteiger partial charge in [-0.25, -0.2) is 8.42 Å². The molecule has 4 rings (SSSR count). The molecule has 2 amide bonds. The van der Waals surface area contributed by atoms with Gasteiger partial charge >= 0.3 is 0 Å². The molecule has 1 aliphatic carbocycles. The Bertz CT molecular complexity index is 1570. The van der Waals surface area contributed by atoms with E-state index in [4.69, 9.17) is 9.47 Å². The molecule has 10 heteroatoms. The molecule has 0 aliphatic heterocycles. The van der Waals surface area contributed by atoms with Crippen molar-refractivity contribution >= 4 is 27.5 Å². The normalized spacial score (nSPS) is 14.3. The minimum Gasteiger partial charge on any atom is -0.497 e. The van der Waals surface area contributed by atoms with Crippen molar-refractivity contribution in [1.29, 1.82) is 0 Å². The second kappa shape index (κ2) is 15.3. The van der Waals surface area contributed by atoms with E-state index in [2.05, 4.69) is 5.32 Å². The van der Waals surface area contributed by atoms with Gasteiger partial charge in [0.2, 0.25) is 11.8 Å². The van der Waals surface area contributed by atoms with Gasteiger partial charge in [0.15, 0.2) is 0 Å². The summed E-state index contributed by atoms with van der Waals surface area (Å²) >= 11 is 0. The van der Waals surface area contributed by atoms with Crippen LogP contribution in [0.3, 0.4) is 0 Å². The topological polar surface area (TPSA) is 105 Å². The van der Waals surface area contributed by atoms with Gasteiger partial charge in [-0.05, 0) is 80.6 Å². The smallest absolute Gasteiger partial charge is 0.264 e. The molecule has 1 atom stereocenters. The zero-order valence-corrected chi connectivity index (χ0v) is 27.7. The van der Waals surface area contributed by atoms with E-state index in [0.29, 0.717) is 17.9 Å². The van der Waals surface area contributed by atoms with E-state index in [0.717, 1.165) is 53.1 Å². The fourth-order valence-electron chi connectivity index (χ4n) is 5.78. The van der Waals surface area contributed by atoms with E-state index in [1.165, 1.54) is 24.1 Å². The number of benzene rings is 3. The van der Waals surface area contributed by atoms with Gasteiger partial charge in [0.05, 0.1) is 24.8 Å². The summed E-state index contributed by atoms with van der Waals surface area (Å²) < 4.78 is 40.6. The van der Waals surface area contributed by atoms with Gasteiger partial charge in [-0.1, -0.05) is 62.1 Å². The highest BCUT2D eigenvalue weighted by Gasteiger charge is 2.35. The van der Waals surface area contributed by atoms with Crippen LogP contribution in [0.5, 0.6) is 11.5 Å². The Kier molecular flexibility index (Phi) is 11.5. The number of nitrogens with one attached hydrogen (secondary N) is 1. The number of anilines is 1. The molecule has 0 bridgehead atoms. The number of hydrogen-bond acceptors (Lipinski definition) is 6. The van der Waals surface area contributed by atoms with Crippen LogP contribution in [0, 0.1) is 13.8 Å². The van der Waals surface area contributed by atoms with Crippen molar-refractivity contribution in [2.75, 3.05) is 25.1 Å². The number of carbonyl (C=O) groups excluding carboxylic acids is 2. The lowest BCUT2D eigenvalue weighted by atomic mass is 9.95. The highest BCUT2D eigenvalue weighted by molar-refractivity contribution is 7.92. The molecule has 3 aromatic rings. The molecule has 1 N–H and O–H groups in total. The Labute approximate surface area is 267 Å². The van der Waals surface area contributed by atoms with Crippen molar-refractivity contribution in [1.82, 2.24) is 10.2 Å². The third-order valence-corrected chi connectivity index (χ3v) is 10.1. The highest BCUT2D eigenvalue weighted by Crippen LogP contribution is 2.34. The van der Waals surface area contributed by atoms with Crippen LogP contribution in [0.4, 0.5) is 5.69 Å². The van der Waals surface area contributed by atoms with E-state index in [9.17, 15) is 18.0 Å². The molecule has 45 heavy (non-hydrogen) atoms. The predicted molar refractivity (Wildman–Crippen MR) is 176 cm³/mol. The third kappa shape index (κ3) is 8.36. The van der Waals surface area contributed by atoms with Crippen LogP contribution in [0.25, 0.3) is 0 Å². The number of nitrogens with zero attached hydrogens (tertiary/aromatic N) is 2. The number of rotatable bonds is 13. The molecule has 0 saturated heterocycles. The lowest BCUT2D eigenvalue weighted by Gasteiger charge is -2.34. The average Bonchev–Trinajstić information content (AvgIpc) is 3.04. The van der Waals surface area contributed by atoms with Crippen molar-refractivity contribution in [3.63, 3.8) is 0 Å². The summed E-state index contributed by atoms with van der Waals surface area (Å²) in [4.78, 5) is 29.8. The molecular formula is C35H45N3O6S. The molecule has 1 saturated carbocycles. The first-order valence-electron chi connectivity index (χ1n) is 15.5. The average molecular weight is 636 g/mol. The van der Waals surface area contributed by atoms with E-state index in [-0.39, 0.29) is 29.1 Å². The number of methoxy groups -OCH3 is 2. The van der Waals surface area contributed by atoms with Gasteiger partial charge in [-0.15, -0.1) is 0 Å². The predicted octanol–water partition coefficient (Wildman–Crippen LogP) is 5.77. The van der Waals surface area contributed by atoms with Crippen LogP contribution in [0.2, 0.25) is 0 Å².